The summed E-state index contributed by atoms with van der Waals surface area (Å²) < 4.78 is 12.2. The molecule has 0 unspecified atom stereocenters. The van der Waals surface area contributed by atoms with Crippen molar-refractivity contribution in [2.45, 2.75) is 71.1 Å². The number of carbonyl (C=O) groups is 5. The van der Waals surface area contributed by atoms with Crippen LogP contribution in [0.15, 0.2) is 78.9 Å². The summed E-state index contributed by atoms with van der Waals surface area (Å²) in [4.78, 5) is 71.5. The van der Waals surface area contributed by atoms with Crippen molar-refractivity contribution in [1.29, 1.82) is 5.26 Å². The Morgan fingerprint density at radius 2 is 1.49 bits per heavy atom. The topological polar surface area (TPSA) is 257 Å². The van der Waals surface area contributed by atoms with Crippen molar-refractivity contribution in [2.75, 3.05) is 46.4 Å². The Balaban J connectivity index is 1.55. The number of nitrogens with zero attached hydrogens (tertiary/aromatic N) is 2. The van der Waals surface area contributed by atoms with Crippen LogP contribution in [0.3, 0.4) is 0 Å². The van der Waals surface area contributed by atoms with Crippen molar-refractivity contribution >= 4 is 29.5 Å². The van der Waals surface area contributed by atoms with Gasteiger partial charge in [0.25, 0.3) is 5.91 Å². The third-order valence-corrected chi connectivity index (χ3v) is 11.0. The number of nitriles is 1. The molecule has 1 heterocycles. The first-order valence-electron chi connectivity index (χ1n) is 21.8. The first kappa shape index (κ1) is 49.2. The summed E-state index contributed by atoms with van der Waals surface area (Å²) in [5.74, 6) is -1.82. The van der Waals surface area contributed by atoms with Crippen LogP contribution in [0.1, 0.15) is 65.8 Å². The number of ether oxygens (including phenoxy) is 2. The first-order chi connectivity index (χ1) is 31.2. The summed E-state index contributed by atoms with van der Waals surface area (Å²) >= 11 is 0. The third-order valence-electron chi connectivity index (χ3n) is 11.0. The maximum atomic E-state index is 14.7. The highest BCUT2D eigenvalue weighted by molar-refractivity contribution is 6.00. The average molecular weight is 888 g/mol. The van der Waals surface area contributed by atoms with E-state index in [1.54, 1.807) is 42.5 Å². The maximum absolute atomic E-state index is 14.7. The van der Waals surface area contributed by atoms with Crippen molar-refractivity contribution in [2.24, 2.45) is 23.1 Å². The molecular formula is C49H61N9O7. The van der Waals surface area contributed by atoms with E-state index in [2.05, 4.69) is 59.4 Å². The molecule has 0 saturated carbocycles. The number of rotatable bonds is 17. The Kier molecular flexibility index (Phi) is 17.6. The number of amides is 5. The molecule has 16 nitrogen and oxygen atoms in total. The molecule has 5 rings (SSSR count). The van der Waals surface area contributed by atoms with Crippen LogP contribution in [0, 0.1) is 24.2 Å². The molecule has 4 atom stereocenters. The molecule has 1 aliphatic heterocycles. The van der Waals surface area contributed by atoms with Gasteiger partial charge in [-0.1, -0.05) is 62.4 Å². The molecule has 65 heavy (non-hydrogen) atoms. The van der Waals surface area contributed by atoms with E-state index < -0.39 is 53.7 Å². The molecule has 4 bridgehead atoms. The van der Waals surface area contributed by atoms with Crippen molar-refractivity contribution in [1.82, 2.24) is 26.2 Å². The summed E-state index contributed by atoms with van der Waals surface area (Å²) in [5.41, 5.74) is 23.9. The first-order valence-corrected chi connectivity index (χ1v) is 21.8. The minimum absolute atomic E-state index is 0.0106. The zero-order chi connectivity index (χ0) is 47.2. The van der Waals surface area contributed by atoms with Gasteiger partial charge in [0.1, 0.15) is 55.4 Å². The lowest BCUT2D eigenvalue weighted by atomic mass is 9.93. The normalized spacial score (nSPS) is 16.5. The second-order valence-electron chi connectivity index (χ2n) is 16.5. The molecule has 0 fully saturated rings. The van der Waals surface area contributed by atoms with Crippen molar-refractivity contribution in [3.8, 4) is 39.8 Å². The Morgan fingerprint density at radius 1 is 0.846 bits per heavy atom. The fraction of sp³-hybridized carbons (Fsp3) is 0.388. The predicted octanol–water partition coefficient (Wildman–Crippen LogP) is 3.03. The van der Waals surface area contributed by atoms with Crippen LogP contribution in [0.2, 0.25) is 0 Å². The van der Waals surface area contributed by atoms with E-state index in [9.17, 15) is 24.0 Å². The summed E-state index contributed by atoms with van der Waals surface area (Å²) in [7, 11) is 1.44. The van der Waals surface area contributed by atoms with Crippen LogP contribution in [0.25, 0.3) is 22.3 Å². The van der Waals surface area contributed by atoms with Gasteiger partial charge in [-0.3, -0.25) is 24.0 Å². The van der Waals surface area contributed by atoms with E-state index >= 15 is 0 Å². The van der Waals surface area contributed by atoms with Gasteiger partial charge in [0.05, 0.1) is 6.07 Å². The van der Waals surface area contributed by atoms with Crippen LogP contribution in [0.4, 0.5) is 0 Å². The SMILES string of the molecule is Cc1cc(-c2ccc(CC(C)C)cc2)ccc1C(=O)N[C@@H](CCN)C(=O)N(C)[C@@H]1C(=O)N[C@@H](C)C(=O)N[C@H](C(=O)NCC#N)Cc2ccc(OCCN)c(c2)-c2cc1ccc2OCCN. The highest BCUT2D eigenvalue weighted by Gasteiger charge is 2.36. The van der Waals surface area contributed by atoms with Crippen molar-refractivity contribution < 1.29 is 33.4 Å². The summed E-state index contributed by atoms with van der Waals surface area (Å²) in [6, 6.07) is 21.1. The van der Waals surface area contributed by atoms with E-state index in [0.717, 1.165) is 17.5 Å². The number of hydrogen-bond donors (Lipinski definition) is 7. The number of benzene rings is 4. The molecule has 16 heteroatoms. The lowest BCUT2D eigenvalue weighted by molar-refractivity contribution is -0.141. The van der Waals surface area contributed by atoms with Gasteiger partial charge < -0.3 is 52.8 Å². The number of hydrogen-bond acceptors (Lipinski definition) is 11. The van der Waals surface area contributed by atoms with Crippen molar-refractivity contribution in [3.05, 3.63) is 107 Å². The molecule has 4 aromatic carbocycles. The Hall–Kier alpha value is -6.80. The summed E-state index contributed by atoms with van der Waals surface area (Å²) in [6.07, 6.45) is 1.03. The van der Waals surface area contributed by atoms with Crippen LogP contribution in [-0.2, 0) is 32.0 Å². The molecular weight excluding hydrogens is 827 g/mol. The molecule has 344 valence electrons. The van der Waals surface area contributed by atoms with E-state index in [4.69, 9.17) is 31.9 Å². The standard InChI is InChI=1S/C49H61N9O7/c1-29(2)24-32-6-9-34(10-7-32)35-11-13-37(30(3)25-35)46(60)56-40(16-17-50)49(63)58(5)44-36-12-15-43(65-23-20-53)39(28-36)38-26-33(8-14-42(38)64-22-19-52)27-41(47(61)54-21-18-51)57-45(59)31(4)55-48(44)62/h6-15,25-26,28-29,31,40-41,44H,16-17,19-24,27,50,52-53H2,1-5H3,(H,54,61)(H,55,62)(H,56,60)(H,57,59)/t31-,40-,41-,44-/m0/s1. The van der Waals surface area contributed by atoms with Crippen LogP contribution < -0.4 is 47.9 Å². The second-order valence-corrected chi connectivity index (χ2v) is 16.5. The van der Waals surface area contributed by atoms with Gasteiger partial charge in [-0.15, -0.1) is 0 Å². The average Bonchev–Trinajstić information content (AvgIpc) is 3.28. The molecule has 1 aliphatic rings. The molecule has 0 aliphatic carbocycles. The fourth-order valence-corrected chi connectivity index (χ4v) is 7.77. The Morgan fingerprint density at radius 3 is 2.11 bits per heavy atom. The molecule has 0 spiro atoms. The van der Waals surface area contributed by atoms with Gasteiger partial charge in [-0.25, -0.2) is 0 Å². The van der Waals surface area contributed by atoms with Crippen molar-refractivity contribution in [3.63, 3.8) is 0 Å². The highest BCUT2D eigenvalue weighted by Crippen LogP contribution is 2.40. The largest absolute Gasteiger partial charge is 0.492 e. The lowest BCUT2D eigenvalue weighted by Gasteiger charge is -2.32. The van der Waals surface area contributed by atoms with E-state index in [0.29, 0.717) is 50.8 Å². The lowest BCUT2D eigenvalue weighted by Crippen LogP contribution is -2.56. The van der Waals surface area contributed by atoms with Crippen LogP contribution in [0.5, 0.6) is 11.5 Å². The van der Waals surface area contributed by atoms with Gasteiger partial charge in [-0.2, -0.15) is 5.26 Å². The number of aryl methyl sites for hydroxylation is 1. The monoisotopic (exact) mass is 887 g/mol. The number of likely N-dealkylation sites (N-methyl/N-ethyl adjacent to an activating group) is 1. The number of nitrogens with two attached hydrogens (primary N) is 3. The summed E-state index contributed by atoms with van der Waals surface area (Å²) in [6.45, 7) is 8.08. The van der Waals surface area contributed by atoms with Gasteiger partial charge >= 0.3 is 0 Å². The molecule has 5 amide bonds. The molecule has 4 aromatic rings. The quantitative estimate of drug-likeness (QED) is 0.0759. The maximum Gasteiger partial charge on any atom is 0.252 e. The zero-order valence-electron chi connectivity index (χ0n) is 37.7. The number of nitrogens with one attached hydrogen (secondary N) is 4. The number of carbonyl (C=O) groups excluding carboxylic acids is 5. The van der Waals surface area contributed by atoms with Crippen LogP contribution >= 0.6 is 0 Å². The fourth-order valence-electron chi connectivity index (χ4n) is 7.77. The van der Waals surface area contributed by atoms with Gasteiger partial charge in [0.15, 0.2) is 0 Å². The number of fused-ring (bicyclic) bond motifs is 5. The van der Waals surface area contributed by atoms with Gasteiger partial charge in [-0.05, 0) is 103 Å². The smallest absolute Gasteiger partial charge is 0.252 e. The molecule has 0 saturated heterocycles. The molecule has 10 N–H and O–H groups in total. The zero-order valence-corrected chi connectivity index (χ0v) is 37.7. The van der Waals surface area contributed by atoms with E-state index in [1.165, 1.54) is 24.4 Å². The third kappa shape index (κ3) is 12.7. The van der Waals surface area contributed by atoms with E-state index in [1.807, 2.05) is 25.1 Å². The van der Waals surface area contributed by atoms with Gasteiger partial charge in [0, 0.05) is 43.2 Å². The predicted molar refractivity (Wildman–Crippen MR) is 248 cm³/mol. The Labute approximate surface area is 380 Å². The van der Waals surface area contributed by atoms with Crippen LogP contribution in [-0.4, -0.2) is 99.0 Å². The summed E-state index contributed by atoms with van der Waals surface area (Å²) in [5, 5.41) is 20.0. The second kappa shape index (κ2) is 23.2. The Bertz CT molecular complexity index is 2380. The minimum atomic E-state index is -1.38. The molecule has 0 radical (unpaired) electrons. The molecule has 0 aromatic heterocycles. The highest BCUT2D eigenvalue weighted by atomic mass is 16.5. The van der Waals surface area contributed by atoms with Gasteiger partial charge in [0.2, 0.25) is 23.6 Å². The van der Waals surface area contributed by atoms with E-state index in [-0.39, 0.29) is 52.2 Å². The minimum Gasteiger partial charge on any atom is -0.492 e.